The number of ketones is 1. The number of benzene rings is 1. The van der Waals surface area contributed by atoms with Gasteiger partial charge in [-0.3, -0.25) is 14.4 Å². The maximum Gasteiger partial charge on any atom is 0.334 e. The van der Waals surface area contributed by atoms with Gasteiger partial charge in [-0.1, -0.05) is 25.1 Å². The van der Waals surface area contributed by atoms with Gasteiger partial charge in [0, 0.05) is 18.0 Å². The van der Waals surface area contributed by atoms with Crippen molar-refractivity contribution in [1.82, 2.24) is 9.80 Å². The number of Topliss-reactive ketones (excluding diaryl/α,β-unsaturated/α-hetero) is 1. The summed E-state index contributed by atoms with van der Waals surface area (Å²) in [5.74, 6) is -2.08. The van der Waals surface area contributed by atoms with E-state index < -0.39 is 29.8 Å². The Balaban J connectivity index is 1.99. The van der Waals surface area contributed by atoms with Gasteiger partial charge in [0.2, 0.25) is 5.91 Å². The number of urea groups is 1. The van der Waals surface area contributed by atoms with Crippen LogP contribution in [-0.2, 0) is 9.59 Å². The third-order valence-corrected chi connectivity index (χ3v) is 4.32. The Labute approximate surface area is 127 Å². The van der Waals surface area contributed by atoms with Crippen LogP contribution in [0.15, 0.2) is 30.3 Å². The number of carbonyl (C=O) groups excluding carboxylic acids is 4. The number of amides is 4. The first kappa shape index (κ1) is 14.4. The summed E-state index contributed by atoms with van der Waals surface area (Å²) in [6, 6.07) is 6.45. The summed E-state index contributed by atoms with van der Waals surface area (Å²) in [4.78, 5) is 51.6. The van der Waals surface area contributed by atoms with Crippen molar-refractivity contribution in [1.29, 1.82) is 0 Å². The quantitative estimate of drug-likeness (QED) is 0.736. The highest BCUT2D eigenvalue weighted by atomic mass is 16.2. The molecular formula is C16H16N2O4. The van der Waals surface area contributed by atoms with Crippen LogP contribution in [0.4, 0.5) is 4.79 Å². The number of imide groups is 3. The number of nitrogens with zero attached hydrogens (tertiary/aromatic N) is 2. The molecule has 6 nitrogen and oxygen atoms in total. The van der Waals surface area contributed by atoms with E-state index in [-0.39, 0.29) is 23.8 Å². The minimum absolute atomic E-state index is 0.117. The first-order chi connectivity index (χ1) is 10.4. The Bertz CT molecular complexity index is 670. The summed E-state index contributed by atoms with van der Waals surface area (Å²) in [7, 11) is 0. The first-order valence-corrected chi connectivity index (χ1v) is 7.22. The molecule has 2 heterocycles. The molecule has 114 valence electrons. The second kappa shape index (κ2) is 5.05. The molecule has 2 fully saturated rings. The van der Waals surface area contributed by atoms with Crippen molar-refractivity contribution in [2.45, 2.75) is 32.4 Å². The van der Waals surface area contributed by atoms with E-state index in [1.54, 1.807) is 44.2 Å². The van der Waals surface area contributed by atoms with Gasteiger partial charge in [0.15, 0.2) is 5.78 Å². The number of rotatable bonds is 1. The van der Waals surface area contributed by atoms with E-state index in [0.29, 0.717) is 4.90 Å². The summed E-state index contributed by atoms with van der Waals surface area (Å²) < 4.78 is 0. The molecule has 1 aromatic carbocycles. The van der Waals surface area contributed by atoms with Crippen LogP contribution < -0.4 is 0 Å². The fourth-order valence-corrected chi connectivity index (χ4v) is 3.21. The average molecular weight is 300 g/mol. The Morgan fingerprint density at radius 3 is 2.36 bits per heavy atom. The zero-order valence-electron chi connectivity index (χ0n) is 12.4. The second-order valence-electron chi connectivity index (χ2n) is 5.79. The summed E-state index contributed by atoms with van der Waals surface area (Å²) in [5, 5.41) is 0. The van der Waals surface area contributed by atoms with Gasteiger partial charge in [0.25, 0.3) is 5.91 Å². The zero-order chi connectivity index (χ0) is 16.0. The lowest BCUT2D eigenvalue weighted by atomic mass is 9.94. The van der Waals surface area contributed by atoms with Gasteiger partial charge < -0.3 is 4.90 Å². The molecule has 2 saturated heterocycles. The Morgan fingerprint density at radius 1 is 1.09 bits per heavy atom. The average Bonchev–Trinajstić information content (AvgIpc) is 2.81. The molecule has 0 unspecified atom stereocenters. The molecule has 4 amide bonds. The van der Waals surface area contributed by atoms with Crippen LogP contribution >= 0.6 is 0 Å². The molecule has 2 aliphatic rings. The van der Waals surface area contributed by atoms with Gasteiger partial charge in [-0.25, -0.2) is 4.79 Å². The van der Waals surface area contributed by atoms with E-state index in [1.165, 1.54) is 4.90 Å². The first-order valence-electron chi connectivity index (χ1n) is 7.22. The minimum atomic E-state index is -0.741. The summed E-state index contributed by atoms with van der Waals surface area (Å²) in [6.45, 7) is 3.34. The summed E-state index contributed by atoms with van der Waals surface area (Å²) in [5.41, 5.74) is 0.271. The number of hydrogen-bond donors (Lipinski definition) is 0. The molecule has 6 heteroatoms. The largest absolute Gasteiger partial charge is 0.334 e. The molecule has 0 N–H and O–H groups in total. The van der Waals surface area contributed by atoms with Crippen LogP contribution in [-0.4, -0.2) is 45.5 Å². The van der Waals surface area contributed by atoms with E-state index in [1.807, 2.05) is 0 Å². The Kier molecular flexibility index (Phi) is 3.31. The monoisotopic (exact) mass is 300 g/mol. The van der Waals surface area contributed by atoms with Crippen molar-refractivity contribution in [3.05, 3.63) is 35.9 Å². The van der Waals surface area contributed by atoms with E-state index in [2.05, 4.69) is 0 Å². The topological polar surface area (TPSA) is 74.8 Å². The normalized spacial score (nSPS) is 28.1. The predicted molar refractivity (Wildman–Crippen MR) is 76.9 cm³/mol. The molecule has 0 aromatic heterocycles. The fraction of sp³-hybridized carbons (Fsp3) is 0.375. The fourth-order valence-electron chi connectivity index (χ4n) is 3.21. The van der Waals surface area contributed by atoms with Crippen molar-refractivity contribution < 1.29 is 19.2 Å². The summed E-state index contributed by atoms with van der Waals surface area (Å²) >= 11 is 0. The highest BCUT2D eigenvalue weighted by Crippen LogP contribution is 2.33. The molecule has 0 radical (unpaired) electrons. The van der Waals surface area contributed by atoms with Crippen LogP contribution in [0.2, 0.25) is 0 Å². The van der Waals surface area contributed by atoms with E-state index in [0.717, 1.165) is 0 Å². The van der Waals surface area contributed by atoms with E-state index in [4.69, 9.17) is 0 Å². The molecule has 2 aliphatic heterocycles. The minimum Gasteiger partial charge on any atom is -0.310 e. The molecular weight excluding hydrogens is 284 g/mol. The van der Waals surface area contributed by atoms with Crippen LogP contribution in [0.3, 0.4) is 0 Å². The van der Waals surface area contributed by atoms with Crippen molar-refractivity contribution >= 4 is 23.6 Å². The maximum atomic E-state index is 12.6. The molecule has 0 saturated carbocycles. The van der Waals surface area contributed by atoms with Crippen molar-refractivity contribution in [2.75, 3.05) is 0 Å². The van der Waals surface area contributed by atoms with Gasteiger partial charge >= 0.3 is 6.03 Å². The van der Waals surface area contributed by atoms with Gasteiger partial charge in [0.1, 0.15) is 6.04 Å². The van der Waals surface area contributed by atoms with Crippen LogP contribution in [0.5, 0.6) is 0 Å². The van der Waals surface area contributed by atoms with Gasteiger partial charge in [-0.15, -0.1) is 0 Å². The van der Waals surface area contributed by atoms with Crippen molar-refractivity contribution in [3.63, 3.8) is 0 Å². The van der Waals surface area contributed by atoms with Crippen LogP contribution in [0, 0.1) is 5.92 Å². The standard InChI is InChI=1S/C16H16N2O4/c1-9-8-12(19)13-10(2)14(20)18(16(22)17(9)13)15(21)11-6-4-3-5-7-11/h3-7,9-10,13H,8H2,1-2H3/t9-,10+,13+/m1/s1. The Hall–Kier alpha value is -2.50. The SMILES string of the molecule is C[C@@H]1C(=O)N(C(=O)c2ccccc2)C(=O)N2[C@H](C)CC(=O)[C@H]12. The lowest BCUT2D eigenvalue weighted by Crippen LogP contribution is -2.63. The Morgan fingerprint density at radius 2 is 1.73 bits per heavy atom. The van der Waals surface area contributed by atoms with Crippen LogP contribution in [0.25, 0.3) is 0 Å². The van der Waals surface area contributed by atoms with E-state index >= 15 is 0 Å². The van der Waals surface area contributed by atoms with E-state index in [9.17, 15) is 19.2 Å². The molecule has 0 bridgehead atoms. The summed E-state index contributed by atoms with van der Waals surface area (Å²) in [6.07, 6.45) is 0.224. The highest BCUT2D eigenvalue weighted by Gasteiger charge is 2.54. The molecule has 0 spiro atoms. The van der Waals surface area contributed by atoms with Gasteiger partial charge in [-0.05, 0) is 19.1 Å². The highest BCUT2D eigenvalue weighted by molar-refractivity contribution is 6.19. The van der Waals surface area contributed by atoms with Crippen LogP contribution in [0.1, 0.15) is 30.6 Å². The third-order valence-electron chi connectivity index (χ3n) is 4.32. The van der Waals surface area contributed by atoms with Gasteiger partial charge in [-0.2, -0.15) is 4.90 Å². The second-order valence-corrected chi connectivity index (χ2v) is 5.79. The lowest BCUT2D eigenvalue weighted by Gasteiger charge is -2.39. The molecule has 22 heavy (non-hydrogen) atoms. The molecule has 3 rings (SSSR count). The zero-order valence-corrected chi connectivity index (χ0v) is 12.4. The number of hydrogen-bond acceptors (Lipinski definition) is 4. The maximum absolute atomic E-state index is 12.6. The molecule has 3 atom stereocenters. The number of fused-ring (bicyclic) bond motifs is 1. The smallest absolute Gasteiger partial charge is 0.310 e. The molecule has 0 aliphatic carbocycles. The van der Waals surface area contributed by atoms with Crippen molar-refractivity contribution in [2.24, 2.45) is 5.92 Å². The third kappa shape index (κ3) is 1.94. The van der Waals surface area contributed by atoms with Gasteiger partial charge in [0.05, 0.1) is 5.92 Å². The lowest BCUT2D eigenvalue weighted by molar-refractivity contribution is -0.138. The number of carbonyl (C=O) groups is 4. The predicted octanol–water partition coefficient (Wildman–Crippen LogP) is 1.46. The molecule has 1 aromatic rings. The van der Waals surface area contributed by atoms with Crippen molar-refractivity contribution in [3.8, 4) is 0 Å².